The number of carbonyl (C=O) groups excluding carboxylic acids is 2. The van der Waals surface area contributed by atoms with E-state index < -0.39 is 0 Å². The van der Waals surface area contributed by atoms with Crippen molar-refractivity contribution in [3.63, 3.8) is 0 Å². The second kappa shape index (κ2) is 7.43. The molecule has 3 nitrogen and oxygen atoms in total. The zero-order chi connectivity index (χ0) is 11.7. The van der Waals surface area contributed by atoms with Gasteiger partial charge in [0.25, 0.3) is 0 Å². The Morgan fingerprint density at radius 1 is 1.20 bits per heavy atom. The number of rotatable bonds is 8. The Hall–Kier alpha value is -0.860. The second-order valence-electron chi connectivity index (χ2n) is 4.50. The van der Waals surface area contributed by atoms with Crippen LogP contribution in [0.4, 0.5) is 0 Å². The predicted octanol–water partition coefficient (Wildman–Crippen LogP) is 2.73. The molecule has 0 saturated carbocycles. The van der Waals surface area contributed by atoms with Gasteiger partial charge in [-0.1, -0.05) is 19.3 Å². The molecule has 0 rings (SSSR count). The molecule has 88 valence electrons. The Morgan fingerprint density at radius 3 is 2.33 bits per heavy atom. The highest BCUT2D eigenvalue weighted by Gasteiger charge is 2.27. The van der Waals surface area contributed by atoms with E-state index in [4.69, 9.17) is 4.74 Å². The lowest BCUT2D eigenvalue weighted by Gasteiger charge is -2.20. The largest absolute Gasteiger partial charge is 0.469 e. The molecule has 0 aromatic heterocycles. The number of ether oxygens (including phenoxy) is 1. The fraction of sp³-hybridized carbons (Fsp3) is 0.833. The molecule has 0 atom stereocenters. The van der Waals surface area contributed by atoms with Crippen molar-refractivity contribution in [2.24, 2.45) is 5.41 Å². The van der Waals surface area contributed by atoms with E-state index in [-0.39, 0.29) is 11.4 Å². The first-order valence-electron chi connectivity index (χ1n) is 5.56. The average molecular weight is 214 g/mol. The number of carbonyl (C=O) groups is 2. The van der Waals surface area contributed by atoms with Gasteiger partial charge in [0.1, 0.15) is 6.29 Å². The molecule has 0 aliphatic carbocycles. The van der Waals surface area contributed by atoms with Crippen molar-refractivity contribution in [1.82, 2.24) is 0 Å². The number of methoxy groups -OCH3 is 1. The van der Waals surface area contributed by atoms with Crippen LogP contribution in [-0.2, 0) is 14.3 Å². The Morgan fingerprint density at radius 2 is 1.80 bits per heavy atom. The van der Waals surface area contributed by atoms with E-state index in [1.165, 1.54) is 7.11 Å². The summed E-state index contributed by atoms with van der Waals surface area (Å²) in [6, 6.07) is 0. The lowest BCUT2D eigenvalue weighted by molar-refractivity contribution is -0.151. The fourth-order valence-corrected chi connectivity index (χ4v) is 1.53. The van der Waals surface area contributed by atoms with E-state index in [2.05, 4.69) is 0 Å². The first-order chi connectivity index (χ1) is 7.04. The van der Waals surface area contributed by atoms with Crippen LogP contribution in [0.25, 0.3) is 0 Å². The molecular weight excluding hydrogens is 192 g/mol. The highest BCUT2D eigenvalue weighted by atomic mass is 16.5. The SMILES string of the molecule is COC(=O)C(C)(C)CCCCCCC=O. The maximum atomic E-state index is 11.3. The molecule has 3 heteroatoms. The maximum absolute atomic E-state index is 11.3. The van der Waals surface area contributed by atoms with Crippen molar-refractivity contribution in [2.75, 3.05) is 7.11 Å². The Bertz CT molecular complexity index is 197. The number of aldehydes is 1. The van der Waals surface area contributed by atoms with Crippen molar-refractivity contribution in [2.45, 2.75) is 52.4 Å². The van der Waals surface area contributed by atoms with E-state index in [1.807, 2.05) is 13.8 Å². The predicted molar refractivity (Wildman–Crippen MR) is 59.6 cm³/mol. The lowest BCUT2D eigenvalue weighted by atomic mass is 9.87. The molecular formula is C12H22O3. The van der Waals surface area contributed by atoms with Gasteiger partial charge in [-0.05, 0) is 26.7 Å². The highest BCUT2D eigenvalue weighted by Crippen LogP contribution is 2.25. The van der Waals surface area contributed by atoms with Gasteiger partial charge in [-0.2, -0.15) is 0 Å². The summed E-state index contributed by atoms with van der Waals surface area (Å²) in [5.74, 6) is -0.143. The number of hydrogen-bond donors (Lipinski definition) is 0. The minimum absolute atomic E-state index is 0.143. The van der Waals surface area contributed by atoms with Gasteiger partial charge in [0.15, 0.2) is 0 Å². The van der Waals surface area contributed by atoms with Crippen molar-refractivity contribution >= 4 is 12.3 Å². The van der Waals surface area contributed by atoms with Gasteiger partial charge >= 0.3 is 5.97 Å². The molecule has 0 spiro atoms. The Balaban J connectivity index is 3.57. The molecule has 0 saturated heterocycles. The topological polar surface area (TPSA) is 43.4 Å². The molecule has 0 aromatic rings. The molecule has 0 fully saturated rings. The summed E-state index contributed by atoms with van der Waals surface area (Å²) in [5.41, 5.74) is -0.376. The fourth-order valence-electron chi connectivity index (χ4n) is 1.53. The normalized spacial score (nSPS) is 11.1. The molecule has 0 heterocycles. The molecule has 0 unspecified atom stereocenters. The minimum Gasteiger partial charge on any atom is -0.469 e. The van der Waals surface area contributed by atoms with Gasteiger partial charge in [0.05, 0.1) is 12.5 Å². The standard InChI is InChI=1S/C12H22O3/c1-12(2,11(14)15-3)9-7-5-4-6-8-10-13/h10H,4-9H2,1-3H3. The molecule has 0 aliphatic heterocycles. The third kappa shape index (κ3) is 6.26. The summed E-state index contributed by atoms with van der Waals surface area (Å²) in [4.78, 5) is 21.4. The van der Waals surface area contributed by atoms with Crippen LogP contribution in [0.15, 0.2) is 0 Å². The molecule has 0 N–H and O–H groups in total. The lowest BCUT2D eigenvalue weighted by Crippen LogP contribution is -2.25. The van der Waals surface area contributed by atoms with Gasteiger partial charge in [-0.25, -0.2) is 0 Å². The van der Waals surface area contributed by atoms with Crippen LogP contribution in [0.1, 0.15) is 52.4 Å². The first kappa shape index (κ1) is 14.1. The highest BCUT2D eigenvalue weighted by molar-refractivity contribution is 5.75. The number of esters is 1. The van der Waals surface area contributed by atoms with Crippen molar-refractivity contribution in [1.29, 1.82) is 0 Å². The third-order valence-electron chi connectivity index (χ3n) is 2.61. The second-order valence-corrected chi connectivity index (χ2v) is 4.50. The minimum atomic E-state index is -0.376. The molecule has 0 radical (unpaired) electrons. The monoisotopic (exact) mass is 214 g/mol. The van der Waals surface area contributed by atoms with Crippen molar-refractivity contribution in [3.8, 4) is 0 Å². The molecule has 0 aliphatic rings. The summed E-state index contributed by atoms with van der Waals surface area (Å²) in [7, 11) is 1.42. The van der Waals surface area contributed by atoms with E-state index in [9.17, 15) is 9.59 Å². The zero-order valence-electron chi connectivity index (χ0n) is 10.0. The van der Waals surface area contributed by atoms with Crippen LogP contribution in [-0.4, -0.2) is 19.4 Å². The van der Waals surface area contributed by atoms with Crippen LogP contribution in [0, 0.1) is 5.41 Å². The smallest absolute Gasteiger partial charge is 0.311 e. The Kier molecular flexibility index (Phi) is 7.01. The molecule has 15 heavy (non-hydrogen) atoms. The van der Waals surface area contributed by atoms with Crippen molar-refractivity contribution < 1.29 is 14.3 Å². The summed E-state index contributed by atoms with van der Waals surface area (Å²) in [6.45, 7) is 3.81. The van der Waals surface area contributed by atoms with Crippen molar-refractivity contribution in [3.05, 3.63) is 0 Å². The maximum Gasteiger partial charge on any atom is 0.311 e. The van der Waals surface area contributed by atoms with Gasteiger partial charge < -0.3 is 9.53 Å². The summed E-state index contributed by atoms with van der Waals surface area (Å²) in [6.07, 6.45) is 6.58. The van der Waals surface area contributed by atoms with Crippen LogP contribution < -0.4 is 0 Å². The third-order valence-corrected chi connectivity index (χ3v) is 2.61. The Labute approximate surface area is 92.2 Å². The summed E-state index contributed by atoms with van der Waals surface area (Å²) in [5, 5.41) is 0. The van der Waals surface area contributed by atoms with Crippen LogP contribution in [0.2, 0.25) is 0 Å². The van der Waals surface area contributed by atoms with E-state index in [1.54, 1.807) is 0 Å². The van der Waals surface area contributed by atoms with Crippen LogP contribution >= 0.6 is 0 Å². The van der Waals surface area contributed by atoms with Gasteiger partial charge in [-0.15, -0.1) is 0 Å². The van der Waals surface area contributed by atoms with E-state index in [0.717, 1.165) is 38.4 Å². The molecule has 0 amide bonds. The number of hydrogen-bond acceptors (Lipinski definition) is 3. The van der Waals surface area contributed by atoms with Crippen LogP contribution in [0.5, 0.6) is 0 Å². The van der Waals surface area contributed by atoms with E-state index >= 15 is 0 Å². The molecule has 0 bridgehead atoms. The summed E-state index contributed by atoms with van der Waals surface area (Å²) >= 11 is 0. The van der Waals surface area contributed by atoms with E-state index in [0.29, 0.717) is 6.42 Å². The zero-order valence-corrected chi connectivity index (χ0v) is 10.0. The first-order valence-corrected chi connectivity index (χ1v) is 5.56. The molecule has 0 aromatic carbocycles. The van der Waals surface area contributed by atoms with Crippen LogP contribution in [0.3, 0.4) is 0 Å². The van der Waals surface area contributed by atoms with Gasteiger partial charge in [0.2, 0.25) is 0 Å². The summed E-state index contributed by atoms with van der Waals surface area (Å²) < 4.78 is 4.73. The van der Waals surface area contributed by atoms with Gasteiger partial charge in [-0.3, -0.25) is 4.79 Å². The number of unbranched alkanes of at least 4 members (excludes halogenated alkanes) is 4. The average Bonchev–Trinajstić information content (AvgIpc) is 2.22. The van der Waals surface area contributed by atoms with Gasteiger partial charge in [0, 0.05) is 6.42 Å². The quantitative estimate of drug-likeness (QED) is 0.354.